The first-order chi connectivity index (χ1) is 8.21. The number of hydrogen-bond acceptors (Lipinski definition) is 3. The van der Waals surface area contributed by atoms with Gasteiger partial charge in [0.05, 0.1) is 0 Å². The summed E-state index contributed by atoms with van der Waals surface area (Å²) in [6.07, 6.45) is 9.75. The highest BCUT2D eigenvalue weighted by atomic mass is 32.2. The van der Waals surface area contributed by atoms with Gasteiger partial charge in [-0.1, -0.05) is 26.7 Å². The summed E-state index contributed by atoms with van der Waals surface area (Å²) in [4.78, 5) is 0. The lowest BCUT2D eigenvalue weighted by molar-refractivity contribution is 0.108. The Kier molecular flexibility index (Phi) is 6.90. The molecule has 0 aromatic carbocycles. The van der Waals surface area contributed by atoms with Crippen LogP contribution in [0.2, 0.25) is 0 Å². The van der Waals surface area contributed by atoms with Crippen molar-refractivity contribution in [1.82, 2.24) is 5.32 Å². The van der Waals surface area contributed by atoms with Crippen molar-refractivity contribution in [3.8, 4) is 0 Å². The lowest BCUT2D eigenvalue weighted by Gasteiger charge is -2.36. The van der Waals surface area contributed by atoms with Gasteiger partial charge in [0.25, 0.3) is 0 Å². The van der Waals surface area contributed by atoms with Crippen LogP contribution >= 0.6 is 11.8 Å². The molecule has 1 aliphatic carbocycles. The van der Waals surface area contributed by atoms with Crippen LogP contribution in [0.3, 0.4) is 0 Å². The first-order valence-corrected chi connectivity index (χ1v) is 8.37. The highest BCUT2D eigenvalue weighted by Gasteiger charge is 2.29. The molecular formula is C14H29NOS. The second kappa shape index (κ2) is 7.65. The van der Waals surface area contributed by atoms with E-state index in [1.807, 2.05) is 11.8 Å². The van der Waals surface area contributed by atoms with Crippen LogP contribution in [0.5, 0.6) is 0 Å². The largest absolute Gasteiger partial charge is 0.396 e. The molecule has 1 saturated carbocycles. The molecule has 0 aromatic heterocycles. The van der Waals surface area contributed by atoms with Crippen LogP contribution in [0.15, 0.2) is 0 Å². The molecule has 0 spiro atoms. The Bertz CT molecular complexity index is 198. The van der Waals surface area contributed by atoms with Gasteiger partial charge in [-0.25, -0.2) is 0 Å². The maximum atomic E-state index is 9.58. The van der Waals surface area contributed by atoms with Crippen LogP contribution in [0.4, 0.5) is 0 Å². The van der Waals surface area contributed by atoms with Gasteiger partial charge >= 0.3 is 0 Å². The molecule has 2 unspecified atom stereocenters. The summed E-state index contributed by atoms with van der Waals surface area (Å²) in [5, 5.41) is 14.1. The lowest BCUT2D eigenvalue weighted by atomic mass is 9.82. The summed E-state index contributed by atoms with van der Waals surface area (Å²) in [5.41, 5.74) is 0.0976. The molecule has 1 rings (SSSR count). The van der Waals surface area contributed by atoms with Crippen molar-refractivity contribution in [2.45, 2.75) is 63.7 Å². The van der Waals surface area contributed by atoms with Crippen LogP contribution in [-0.2, 0) is 0 Å². The van der Waals surface area contributed by atoms with E-state index in [0.717, 1.165) is 24.6 Å². The SMILES string of the molecule is CCC(CC)(CO)CNC1CCCCC1SC. The van der Waals surface area contributed by atoms with E-state index in [1.54, 1.807) is 0 Å². The monoisotopic (exact) mass is 259 g/mol. The standard InChI is InChI=1S/C14H29NOS/c1-4-14(5-2,11-16)10-15-12-8-6-7-9-13(12)17-3/h12-13,15-16H,4-11H2,1-3H3. The van der Waals surface area contributed by atoms with Crippen molar-refractivity contribution < 1.29 is 5.11 Å². The number of nitrogens with one attached hydrogen (secondary N) is 1. The Labute approximate surface area is 111 Å². The highest BCUT2D eigenvalue weighted by Crippen LogP contribution is 2.29. The van der Waals surface area contributed by atoms with Gasteiger partial charge in [0, 0.05) is 29.9 Å². The molecule has 2 N–H and O–H groups in total. The minimum atomic E-state index is 0.0976. The van der Waals surface area contributed by atoms with Crippen molar-refractivity contribution in [3.05, 3.63) is 0 Å². The van der Waals surface area contributed by atoms with Crippen LogP contribution in [0.25, 0.3) is 0 Å². The van der Waals surface area contributed by atoms with Gasteiger partial charge in [-0.2, -0.15) is 11.8 Å². The second-order valence-electron chi connectivity index (χ2n) is 5.41. The zero-order chi connectivity index (χ0) is 12.7. The minimum absolute atomic E-state index is 0.0976. The van der Waals surface area contributed by atoms with E-state index >= 15 is 0 Å². The smallest absolute Gasteiger partial charge is 0.0499 e. The number of thioether (sulfide) groups is 1. The molecule has 0 bridgehead atoms. The molecule has 0 amide bonds. The predicted octanol–water partition coefficient (Wildman–Crippen LogP) is 3.05. The maximum Gasteiger partial charge on any atom is 0.0499 e. The van der Waals surface area contributed by atoms with E-state index in [4.69, 9.17) is 0 Å². The van der Waals surface area contributed by atoms with E-state index in [2.05, 4.69) is 25.4 Å². The second-order valence-corrected chi connectivity index (χ2v) is 6.49. The van der Waals surface area contributed by atoms with Gasteiger partial charge in [0.15, 0.2) is 0 Å². The third-order valence-corrected chi connectivity index (χ3v) is 5.75. The number of hydrogen-bond donors (Lipinski definition) is 2. The van der Waals surface area contributed by atoms with E-state index in [0.29, 0.717) is 12.6 Å². The first kappa shape index (κ1) is 15.3. The Hall–Kier alpha value is 0.270. The molecule has 17 heavy (non-hydrogen) atoms. The van der Waals surface area contributed by atoms with Gasteiger partial charge in [-0.15, -0.1) is 0 Å². The lowest BCUT2D eigenvalue weighted by Crippen LogP contribution is -2.46. The van der Waals surface area contributed by atoms with E-state index in [1.165, 1.54) is 25.7 Å². The zero-order valence-corrected chi connectivity index (χ0v) is 12.5. The summed E-state index contributed by atoms with van der Waals surface area (Å²) in [5.74, 6) is 0. The van der Waals surface area contributed by atoms with Crippen LogP contribution in [0.1, 0.15) is 52.4 Å². The van der Waals surface area contributed by atoms with Gasteiger partial charge in [-0.05, 0) is 31.9 Å². The zero-order valence-electron chi connectivity index (χ0n) is 11.7. The summed E-state index contributed by atoms with van der Waals surface area (Å²) < 4.78 is 0. The fraction of sp³-hybridized carbons (Fsp3) is 1.00. The van der Waals surface area contributed by atoms with Crippen molar-refractivity contribution in [1.29, 1.82) is 0 Å². The number of rotatable bonds is 7. The van der Waals surface area contributed by atoms with Gasteiger partial charge in [0.2, 0.25) is 0 Å². The molecule has 3 heteroatoms. The molecule has 1 aliphatic rings. The Balaban J connectivity index is 2.46. The summed E-state index contributed by atoms with van der Waals surface area (Å²) in [7, 11) is 0. The molecular weight excluding hydrogens is 230 g/mol. The average Bonchev–Trinajstić information content (AvgIpc) is 2.41. The summed E-state index contributed by atoms with van der Waals surface area (Å²) in [6, 6.07) is 0.655. The van der Waals surface area contributed by atoms with Crippen molar-refractivity contribution in [2.75, 3.05) is 19.4 Å². The highest BCUT2D eigenvalue weighted by molar-refractivity contribution is 7.99. The number of aliphatic hydroxyl groups excluding tert-OH is 1. The molecule has 2 nitrogen and oxygen atoms in total. The molecule has 1 fully saturated rings. The quantitative estimate of drug-likeness (QED) is 0.737. The van der Waals surface area contributed by atoms with Crippen molar-refractivity contribution in [3.63, 3.8) is 0 Å². The summed E-state index contributed by atoms with van der Waals surface area (Å²) >= 11 is 2.00. The fourth-order valence-corrected chi connectivity index (χ4v) is 3.70. The first-order valence-electron chi connectivity index (χ1n) is 7.08. The molecule has 0 saturated heterocycles. The van der Waals surface area contributed by atoms with E-state index in [9.17, 15) is 5.11 Å². The van der Waals surface area contributed by atoms with Crippen LogP contribution < -0.4 is 5.32 Å². The third kappa shape index (κ3) is 4.15. The van der Waals surface area contributed by atoms with E-state index < -0.39 is 0 Å². The predicted molar refractivity (Wildman–Crippen MR) is 77.7 cm³/mol. The van der Waals surface area contributed by atoms with Crippen molar-refractivity contribution >= 4 is 11.8 Å². The Morgan fingerprint density at radius 2 is 1.88 bits per heavy atom. The fourth-order valence-electron chi connectivity index (χ4n) is 2.74. The minimum Gasteiger partial charge on any atom is -0.396 e. The molecule has 2 atom stereocenters. The van der Waals surface area contributed by atoms with E-state index in [-0.39, 0.29) is 5.41 Å². The molecule has 0 aliphatic heterocycles. The third-order valence-electron chi connectivity index (χ3n) is 4.58. The van der Waals surface area contributed by atoms with Crippen LogP contribution in [-0.4, -0.2) is 35.8 Å². The van der Waals surface area contributed by atoms with Gasteiger partial charge in [0.1, 0.15) is 0 Å². The molecule has 0 aromatic rings. The summed E-state index contributed by atoms with van der Waals surface area (Å²) in [6.45, 7) is 5.66. The molecule has 102 valence electrons. The molecule has 0 heterocycles. The Morgan fingerprint density at radius 3 is 2.41 bits per heavy atom. The van der Waals surface area contributed by atoms with Crippen LogP contribution in [0, 0.1) is 5.41 Å². The number of aliphatic hydroxyl groups is 1. The topological polar surface area (TPSA) is 32.3 Å². The van der Waals surface area contributed by atoms with Gasteiger partial charge in [-0.3, -0.25) is 0 Å². The van der Waals surface area contributed by atoms with Crippen molar-refractivity contribution in [2.24, 2.45) is 5.41 Å². The van der Waals surface area contributed by atoms with Gasteiger partial charge < -0.3 is 10.4 Å². The normalized spacial score (nSPS) is 26.1. The Morgan fingerprint density at radius 1 is 1.24 bits per heavy atom. The average molecular weight is 259 g/mol. The molecule has 0 radical (unpaired) electrons. The maximum absolute atomic E-state index is 9.58.